The molecule has 3 heteroatoms. The van der Waals surface area contributed by atoms with Gasteiger partial charge >= 0.3 is 0 Å². The number of nitrogens with two attached hydrogens (primary N) is 1. The summed E-state index contributed by atoms with van der Waals surface area (Å²) in [6, 6.07) is 0.209. The number of amides is 1. The second-order valence-electron chi connectivity index (χ2n) is 5.62. The van der Waals surface area contributed by atoms with Gasteiger partial charge in [0.15, 0.2) is 0 Å². The molecule has 2 aliphatic rings. The molecule has 92 valence electrons. The summed E-state index contributed by atoms with van der Waals surface area (Å²) < 4.78 is 0. The Labute approximate surface area is 98.4 Å². The third kappa shape index (κ3) is 2.10. The van der Waals surface area contributed by atoms with Crippen LogP contribution in [0, 0.1) is 11.8 Å². The first-order chi connectivity index (χ1) is 7.61. The molecule has 4 unspecified atom stereocenters. The van der Waals surface area contributed by atoms with Crippen molar-refractivity contribution in [1.29, 1.82) is 0 Å². The first-order valence-electron chi connectivity index (χ1n) is 6.67. The number of carbonyl (C=O) groups excluding carboxylic acids is 1. The molecule has 0 radical (unpaired) electrons. The molecule has 0 aromatic carbocycles. The van der Waals surface area contributed by atoms with Gasteiger partial charge in [-0.05, 0) is 31.1 Å². The molecular weight excluding hydrogens is 200 g/mol. The molecule has 0 aromatic rings. The number of rotatable bonds is 1. The van der Waals surface area contributed by atoms with Crippen LogP contribution in [0.25, 0.3) is 0 Å². The highest BCUT2D eigenvalue weighted by Crippen LogP contribution is 2.34. The van der Waals surface area contributed by atoms with Crippen LogP contribution < -0.4 is 5.73 Å². The van der Waals surface area contributed by atoms with Crippen LogP contribution in [0.2, 0.25) is 0 Å². The average molecular weight is 224 g/mol. The van der Waals surface area contributed by atoms with Gasteiger partial charge in [0.25, 0.3) is 0 Å². The van der Waals surface area contributed by atoms with Gasteiger partial charge in [0, 0.05) is 12.6 Å². The van der Waals surface area contributed by atoms with E-state index in [0.717, 1.165) is 25.3 Å². The molecule has 3 nitrogen and oxygen atoms in total. The second kappa shape index (κ2) is 4.74. The standard InChI is InChI=1S/C13H24N2O/c1-9-5-3-7-12(10(9)2)15-8-4-6-11(14)13(15)16/h9-12H,3-8,14H2,1-2H3. The number of piperidine rings is 1. The predicted molar refractivity (Wildman–Crippen MR) is 64.9 cm³/mol. The van der Waals surface area contributed by atoms with Crippen LogP contribution in [-0.4, -0.2) is 29.4 Å². The third-order valence-electron chi connectivity index (χ3n) is 4.58. The van der Waals surface area contributed by atoms with E-state index in [1.54, 1.807) is 0 Å². The lowest BCUT2D eigenvalue weighted by Crippen LogP contribution is -2.55. The number of nitrogens with zero attached hydrogens (tertiary/aromatic N) is 1. The third-order valence-corrected chi connectivity index (χ3v) is 4.58. The van der Waals surface area contributed by atoms with Crippen molar-refractivity contribution in [1.82, 2.24) is 4.90 Å². The molecule has 2 rings (SSSR count). The quantitative estimate of drug-likeness (QED) is 0.737. The SMILES string of the molecule is CC1CCCC(N2CCCC(N)C2=O)C1C. The van der Waals surface area contributed by atoms with Crippen molar-refractivity contribution in [2.75, 3.05) is 6.54 Å². The van der Waals surface area contributed by atoms with E-state index in [1.807, 2.05) is 0 Å². The zero-order chi connectivity index (χ0) is 11.7. The summed E-state index contributed by atoms with van der Waals surface area (Å²) >= 11 is 0. The number of hydrogen-bond donors (Lipinski definition) is 1. The molecule has 0 aromatic heterocycles. The van der Waals surface area contributed by atoms with E-state index in [-0.39, 0.29) is 11.9 Å². The number of hydrogen-bond acceptors (Lipinski definition) is 2. The fourth-order valence-electron chi connectivity index (χ4n) is 3.25. The smallest absolute Gasteiger partial charge is 0.239 e. The first kappa shape index (κ1) is 11.9. The van der Waals surface area contributed by atoms with Gasteiger partial charge in [-0.15, -0.1) is 0 Å². The average Bonchev–Trinajstić information content (AvgIpc) is 2.27. The zero-order valence-corrected chi connectivity index (χ0v) is 10.5. The molecule has 2 N–H and O–H groups in total. The Morgan fingerprint density at radius 3 is 2.69 bits per heavy atom. The van der Waals surface area contributed by atoms with Crippen LogP contribution in [0.5, 0.6) is 0 Å². The maximum Gasteiger partial charge on any atom is 0.239 e. The minimum atomic E-state index is -0.238. The van der Waals surface area contributed by atoms with E-state index in [1.165, 1.54) is 19.3 Å². The fourth-order valence-corrected chi connectivity index (χ4v) is 3.25. The second-order valence-corrected chi connectivity index (χ2v) is 5.62. The van der Waals surface area contributed by atoms with Crippen molar-refractivity contribution in [3.05, 3.63) is 0 Å². The van der Waals surface area contributed by atoms with Crippen molar-refractivity contribution >= 4 is 5.91 Å². The van der Waals surface area contributed by atoms with Gasteiger partial charge in [-0.3, -0.25) is 4.79 Å². The minimum absolute atomic E-state index is 0.192. The van der Waals surface area contributed by atoms with Gasteiger partial charge in [0.1, 0.15) is 0 Å². The summed E-state index contributed by atoms with van der Waals surface area (Å²) in [4.78, 5) is 14.2. The summed E-state index contributed by atoms with van der Waals surface area (Å²) in [5.74, 6) is 1.56. The molecule has 0 bridgehead atoms. The lowest BCUT2D eigenvalue weighted by atomic mass is 9.76. The van der Waals surface area contributed by atoms with E-state index < -0.39 is 0 Å². The summed E-state index contributed by atoms with van der Waals surface area (Å²) in [7, 11) is 0. The van der Waals surface area contributed by atoms with Crippen LogP contribution in [-0.2, 0) is 4.79 Å². The Bertz CT molecular complexity index is 267. The highest BCUT2D eigenvalue weighted by molar-refractivity contribution is 5.82. The van der Waals surface area contributed by atoms with Crippen LogP contribution in [0.1, 0.15) is 46.0 Å². The Morgan fingerprint density at radius 2 is 1.94 bits per heavy atom. The van der Waals surface area contributed by atoms with Crippen LogP contribution in [0.15, 0.2) is 0 Å². The maximum atomic E-state index is 12.1. The monoisotopic (exact) mass is 224 g/mol. The number of carbonyl (C=O) groups is 1. The van der Waals surface area contributed by atoms with Crippen LogP contribution >= 0.6 is 0 Å². The molecule has 2 fully saturated rings. The molecule has 1 amide bonds. The van der Waals surface area contributed by atoms with Crippen molar-refractivity contribution < 1.29 is 4.79 Å². The molecule has 1 saturated carbocycles. The lowest BCUT2D eigenvalue weighted by Gasteiger charge is -2.44. The normalized spacial score (nSPS) is 41.2. The minimum Gasteiger partial charge on any atom is -0.338 e. The van der Waals surface area contributed by atoms with Gasteiger partial charge in [-0.2, -0.15) is 0 Å². The molecule has 1 saturated heterocycles. The highest BCUT2D eigenvalue weighted by atomic mass is 16.2. The molecular formula is C13H24N2O. The zero-order valence-electron chi connectivity index (χ0n) is 10.5. The molecule has 0 spiro atoms. The first-order valence-corrected chi connectivity index (χ1v) is 6.67. The molecule has 1 aliphatic carbocycles. The van der Waals surface area contributed by atoms with E-state index in [4.69, 9.17) is 5.73 Å². The highest BCUT2D eigenvalue weighted by Gasteiger charge is 2.37. The Hall–Kier alpha value is -0.570. The molecule has 16 heavy (non-hydrogen) atoms. The van der Waals surface area contributed by atoms with Gasteiger partial charge in [0.05, 0.1) is 6.04 Å². The Morgan fingerprint density at radius 1 is 1.19 bits per heavy atom. The largest absolute Gasteiger partial charge is 0.338 e. The van der Waals surface area contributed by atoms with Crippen LogP contribution in [0.4, 0.5) is 0 Å². The predicted octanol–water partition coefficient (Wildman–Crippen LogP) is 1.76. The van der Waals surface area contributed by atoms with Gasteiger partial charge < -0.3 is 10.6 Å². The summed E-state index contributed by atoms with van der Waals surface area (Å²) in [6.07, 6.45) is 5.68. The summed E-state index contributed by atoms with van der Waals surface area (Å²) in [5, 5.41) is 0. The fraction of sp³-hybridized carbons (Fsp3) is 0.923. The van der Waals surface area contributed by atoms with E-state index in [2.05, 4.69) is 18.7 Å². The van der Waals surface area contributed by atoms with Gasteiger partial charge in [-0.1, -0.05) is 26.7 Å². The van der Waals surface area contributed by atoms with Gasteiger partial charge in [-0.25, -0.2) is 0 Å². The molecule has 1 heterocycles. The number of likely N-dealkylation sites (tertiary alicyclic amines) is 1. The van der Waals surface area contributed by atoms with Crippen LogP contribution in [0.3, 0.4) is 0 Å². The van der Waals surface area contributed by atoms with E-state index in [9.17, 15) is 4.79 Å². The maximum absolute atomic E-state index is 12.1. The van der Waals surface area contributed by atoms with Crippen molar-refractivity contribution in [2.24, 2.45) is 17.6 Å². The van der Waals surface area contributed by atoms with Crippen molar-refractivity contribution in [3.63, 3.8) is 0 Å². The summed E-state index contributed by atoms with van der Waals surface area (Å²) in [5.41, 5.74) is 5.86. The topological polar surface area (TPSA) is 46.3 Å². The Kier molecular flexibility index (Phi) is 3.53. The van der Waals surface area contributed by atoms with E-state index >= 15 is 0 Å². The summed E-state index contributed by atoms with van der Waals surface area (Å²) in [6.45, 7) is 5.53. The van der Waals surface area contributed by atoms with Crippen molar-refractivity contribution in [2.45, 2.75) is 58.0 Å². The van der Waals surface area contributed by atoms with E-state index in [0.29, 0.717) is 12.0 Å². The molecule has 4 atom stereocenters. The van der Waals surface area contributed by atoms with Gasteiger partial charge in [0.2, 0.25) is 5.91 Å². The lowest BCUT2D eigenvalue weighted by molar-refractivity contribution is -0.140. The van der Waals surface area contributed by atoms with Crippen molar-refractivity contribution in [3.8, 4) is 0 Å². The molecule has 1 aliphatic heterocycles. The Balaban J connectivity index is 2.07.